The van der Waals surface area contributed by atoms with Crippen molar-refractivity contribution < 1.29 is 0 Å². The van der Waals surface area contributed by atoms with Crippen LogP contribution in [0.1, 0.15) is 78.6 Å². The third kappa shape index (κ3) is 3.97. The van der Waals surface area contributed by atoms with Gasteiger partial charge in [0.1, 0.15) is 0 Å². The van der Waals surface area contributed by atoms with Crippen LogP contribution in [0.4, 0.5) is 0 Å². The Hall–Kier alpha value is -0.0400. The molecule has 5 unspecified atom stereocenters. The fraction of sp³-hybridized carbons (Fsp3) is 1.00. The van der Waals surface area contributed by atoms with Gasteiger partial charge in [0.15, 0.2) is 0 Å². The summed E-state index contributed by atoms with van der Waals surface area (Å²) in [4.78, 5) is 0. The Labute approximate surface area is 120 Å². The van der Waals surface area contributed by atoms with Crippen LogP contribution in [0.3, 0.4) is 0 Å². The van der Waals surface area contributed by atoms with E-state index in [0.717, 1.165) is 36.3 Å². The molecule has 1 heteroatoms. The summed E-state index contributed by atoms with van der Waals surface area (Å²) in [7, 11) is 0. The van der Waals surface area contributed by atoms with E-state index in [9.17, 15) is 0 Å². The van der Waals surface area contributed by atoms with Crippen LogP contribution in [0.25, 0.3) is 0 Å². The lowest BCUT2D eigenvalue weighted by Crippen LogP contribution is -2.43. The maximum absolute atomic E-state index is 3.88. The summed E-state index contributed by atoms with van der Waals surface area (Å²) in [5.41, 5.74) is 0. The molecule has 0 heterocycles. The number of rotatable bonds is 6. The number of hydrogen-bond acceptors (Lipinski definition) is 1. The Morgan fingerprint density at radius 1 is 0.842 bits per heavy atom. The van der Waals surface area contributed by atoms with E-state index in [-0.39, 0.29) is 0 Å². The molecular weight excluding hydrogens is 230 g/mol. The molecule has 0 aliphatic heterocycles. The first kappa shape index (κ1) is 15.4. The molecular formula is C18H35N. The first-order valence-electron chi connectivity index (χ1n) is 9.01. The highest BCUT2D eigenvalue weighted by Crippen LogP contribution is 2.41. The van der Waals surface area contributed by atoms with Crippen LogP contribution in [-0.2, 0) is 0 Å². The molecule has 0 aromatic heterocycles. The van der Waals surface area contributed by atoms with Crippen LogP contribution in [0.5, 0.6) is 0 Å². The molecule has 0 radical (unpaired) electrons. The van der Waals surface area contributed by atoms with Gasteiger partial charge in [-0.2, -0.15) is 0 Å². The topological polar surface area (TPSA) is 12.0 Å². The average molecular weight is 265 g/mol. The lowest BCUT2D eigenvalue weighted by molar-refractivity contribution is 0.167. The smallest absolute Gasteiger partial charge is 0.0124 e. The van der Waals surface area contributed by atoms with Gasteiger partial charge in [0.2, 0.25) is 0 Å². The molecule has 2 saturated carbocycles. The molecule has 0 aromatic carbocycles. The van der Waals surface area contributed by atoms with Crippen molar-refractivity contribution >= 4 is 0 Å². The fourth-order valence-electron chi connectivity index (χ4n) is 4.79. The highest BCUT2D eigenvalue weighted by atomic mass is 14.9. The monoisotopic (exact) mass is 265 g/mol. The molecule has 1 N–H and O–H groups in total. The Balaban J connectivity index is 1.95. The van der Waals surface area contributed by atoms with E-state index in [1.807, 2.05) is 0 Å². The quantitative estimate of drug-likeness (QED) is 0.712. The van der Waals surface area contributed by atoms with Crippen molar-refractivity contribution in [3.63, 3.8) is 0 Å². The molecule has 0 spiro atoms. The van der Waals surface area contributed by atoms with E-state index in [0.29, 0.717) is 0 Å². The summed E-state index contributed by atoms with van der Waals surface area (Å²) in [5, 5.41) is 3.88. The Morgan fingerprint density at radius 3 is 2.05 bits per heavy atom. The molecule has 5 atom stereocenters. The minimum atomic E-state index is 0.830. The van der Waals surface area contributed by atoms with Gasteiger partial charge in [-0.05, 0) is 55.9 Å². The Kier molecular flexibility index (Phi) is 6.19. The van der Waals surface area contributed by atoms with Gasteiger partial charge in [-0.1, -0.05) is 52.9 Å². The lowest BCUT2D eigenvalue weighted by Gasteiger charge is -2.38. The van der Waals surface area contributed by atoms with Crippen LogP contribution >= 0.6 is 0 Å². The zero-order valence-corrected chi connectivity index (χ0v) is 13.5. The van der Waals surface area contributed by atoms with Gasteiger partial charge in [0, 0.05) is 6.04 Å². The molecule has 2 fully saturated rings. The molecule has 0 aromatic rings. The van der Waals surface area contributed by atoms with Gasteiger partial charge in [-0.15, -0.1) is 0 Å². The molecule has 112 valence electrons. The molecule has 0 amide bonds. The molecule has 0 bridgehead atoms. The molecule has 19 heavy (non-hydrogen) atoms. The maximum atomic E-state index is 3.88. The summed E-state index contributed by atoms with van der Waals surface area (Å²) in [5.74, 6) is 3.99. The minimum absolute atomic E-state index is 0.830. The fourth-order valence-corrected chi connectivity index (χ4v) is 4.79. The van der Waals surface area contributed by atoms with Crippen molar-refractivity contribution in [1.82, 2.24) is 5.32 Å². The largest absolute Gasteiger partial charge is 0.314 e. The van der Waals surface area contributed by atoms with Gasteiger partial charge in [-0.25, -0.2) is 0 Å². The Bertz CT molecular complexity index is 250. The van der Waals surface area contributed by atoms with Crippen LogP contribution in [0.15, 0.2) is 0 Å². The van der Waals surface area contributed by atoms with E-state index in [2.05, 4.69) is 26.1 Å². The van der Waals surface area contributed by atoms with Crippen molar-refractivity contribution in [3.05, 3.63) is 0 Å². The molecule has 2 aliphatic carbocycles. The third-order valence-electron chi connectivity index (χ3n) is 6.02. The zero-order chi connectivity index (χ0) is 13.7. The third-order valence-corrected chi connectivity index (χ3v) is 6.02. The van der Waals surface area contributed by atoms with Crippen molar-refractivity contribution in [1.29, 1.82) is 0 Å². The molecule has 1 nitrogen and oxygen atoms in total. The highest BCUT2D eigenvalue weighted by molar-refractivity contribution is 4.90. The van der Waals surface area contributed by atoms with Crippen molar-refractivity contribution in [2.75, 3.05) is 6.54 Å². The second kappa shape index (κ2) is 7.67. The summed E-state index contributed by atoms with van der Waals surface area (Å²) in [6.45, 7) is 8.21. The van der Waals surface area contributed by atoms with E-state index >= 15 is 0 Å². The molecule has 2 aliphatic rings. The lowest BCUT2D eigenvalue weighted by atomic mass is 9.73. The first-order chi connectivity index (χ1) is 9.28. The molecule has 0 saturated heterocycles. The number of hydrogen-bond donors (Lipinski definition) is 1. The Morgan fingerprint density at radius 2 is 1.47 bits per heavy atom. The normalized spacial score (nSPS) is 37.4. The van der Waals surface area contributed by atoms with Gasteiger partial charge >= 0.3 is 0 Å². The van der Waals surface area contributed by atoms with Crippen molar-refractivity contribution in [2.24, 2.45) is 23.7 Å². The standard InChI is InChI=1S/C18H35N/c1-4-14-8-7-9-16(12-14)18(19-6-3)17-11-10-15(5-2)13-17/h14-19H,4-13H2,1-3H3. The van der Waals surface area contributed by atoms with Gasteiger partial charge in [-0.3, -0.25) is 0 Å². The summed E-state index contributed by atoms with van der Waals surface area (Å²) in [6.07, 6.45) is 13.2. The van der Waals surface area contributed by atoms with Crippen LogP contribution in [0, 0.1) is 23.7 Å². The number of nitrogens with one attached hydrogen (secondary N) is 1. The molecule has 2 rings (SSSR count). The van der Waals surface area contributed by atoms with E-state index in [4.69, 9.17) is 0 Å². The van der Waals surface area contributed by atoms with E-state index in [1.165, 1.54) is 57.8 Å². The van der Waals surface area contributed by atoms with Crippen molar-refractivity contribution in [3.8, 4) is 0 Å². The van der Waals surface area contributed by atoms with Gasteiger partial charge < -0.3 is 5.32 Å². The van der Waals surface area contributed by atoms with E-state index < -0.39 is 0 Å². The highest BCUT2D eigenvalue weighted by Gasteiger charge is 2.36. The van der Waals surface area contributed by atoms with Crippen LogP contribution < -0.4 is 5.32 Å². The predicted molar refractivity (Wildman–Crippen MR) is 84.3 cm³/mol. The summed E-state index contributed by atoms with van der Waals surface area (Å²) < 4.78 is 0. The summed E-state index contributed by atoms with van der Waals surface area (Å²) >= 11 is 0. The maximum Gasteiger partial charge on any atom is 0.0124 e. The predicted octanol–water partition coefficient (Wildman–Crippen LogP) is 5.01. The zero-order valence-electron chi connectivity index (χ0n) is 13.5. The van der Waals surface area contributed by atoms with Gasteiger partial charge in [0.25, 0.3) is 0 Å². The van der Waals surface area contributed by atoms with Crippen LogP contribution in [0.2, 0.25) is 0 Å². The average Bonchev–Trinajstić information content (AvgIpc) is 2.93. The second-order valence-electron chi connectivity index (χ2n) is 7.13. The van der Waals surface area contributed by atoms with Crippen LogP contribution in [-0.4, -0.2) is 12.6 Å². The SMILES string of the molecule is CCNC(C1CCCC(CC)C1)C1CCC(CC)C1. The summed E-state index contributed by atoms with van der Waals surface area (Å²) in [6, 6.07) is 0.830. The minimum Gasteiger partial charge on any atom is -0.314 e. The first-order valence-corrected chi connectivity index (χ1v) is 9.01. The van der Waals surface area contributed by atoms with Crippen molar-refractivity contribution in [2.45, 2.75) is 84.6 Å². The van der Waals surface area contributed by atoms with Gasteiger partial charge in [0.05, 0.1) is 0 Å². The van der Waals surface area contributed by atoms with E-state index in [1.54, 1.807) is 0 Å². The second-order valence-corrected chi connectivity index (χ2v) is 7.13.